The van der Waals surface area contributed by atoms with Gasteiger partial charge in [0.2, 0.25) is 17.7 Å². The molecule has 1 aliphatic rings. The van der Waals surface area contributed by atoms with E-state index in [1.54, 1.807) is 0 Å². The Morgan fingerprint density at radius 3 is 2.44 bits per heavy atom. The lowest BCUT2D eigenvalue weighted by Crippen LogP contribution is -2.55. The third-order valence-electron chi connectivity index (χ3n) is 5.81. The minimum absolute atomic E-state index is 0.191. The van der Waals surface area contributed by atoms with Gasteiger partial charge in [0.25, 0.3) is 0 Å². The van der Waals surface area contributed by atoms with Gasteiger partial charge in [0.05, 0.1) is 25.0 Å². The summed E-state index contributed by atoms with van der Waals surface area (Å²) in [5, 5.41) is 14.9. The van der Waals surface area contributed by atoms with Crippen LogP contribution in [0.2, 0.25) is 5.82 Å². The van der Waals surface area contributed by atoms with Gasteiger partial charge in [-0.2, -0.15) is 0 Å². The summed E-state index contributed by atoms with van der Waals surface area (Å²) in [5.41, 5.74) is 6.23. The van der Waals surface area contributed by atoms with Crippen LogP contribution in [0.3, 0.4) is 0 Å². The highest BCUT2D eigenvalue weighted by Crippen LogP contribution is 2.24. The molecule has 1 radical (unpaired) electrons. The molecule has 1 aromatic carbocycles. The van der Waals surface area contributed by atoms with Gasteiger partial charge in [-0.25, -0.2) is 0 Å². The van der Waals surface area contributed by atoms with Gasteiger partial charge < -0.3 is 31.0 Å². The van der Waals surface area contributed by atoms with Crippen LogP contribution in [-0.2, 0) is 23.8 Å². The van der Waals surface area contributed by atoms with Crippen LogP contribution < -0.4 is 16.4 Å². The second-order valence-corrected chi connectivity index (χ2v) is 8.73. The molecule has 1 fully saturated rings. The smallest absolute Gasteiger partial charge is 0.307 e. The Balaban J connectivity index is 2.08. The molecule has 1 heterocycles. The summed E-state index contributed by atoms with van der Waals surface area (Å²) in [6.45, 7) is 5.65. The van der Waals surface area contributed by atoms with Crippen LogP contribution in [0.25, 0.3) is 0 Å². The summed E-state index contributed by atoms with van der Waals surface area (Å²) in [6.07, 6.45) is 0.533. The molecule has 34 heavy (non-hydrogen) atoms. The molecule has 0 spiro atoms. The molecule has 1 saturated heterocycles. The number of carboxylic acid groups (broad SMARTS) is 1. The van der Waals surface area contributed by atoms with Gasteiger partial charge in [-0.3, -0.25) is 19.2 Å². The number of hydrogen-bond acceptors (Lipinski definition) is 6. The van der Waals surface area contributed by atoms with Crippen LogP contribution in [0.1, 0.15) is 51.6 Å². The minimum atomic E-state index is -1.17. The summed E-state index contributed by atoms with van der Waals surface area (Å²) >= 11 is 0. The molecule has 3 amide bonds. The van der Waals surface area contributed by atoms with E-state index < -0.39 is 42.1 Å². The number of rotatable bonds is 12. The normalized spacial score (nSPS) is 18.1. The quantitative estimate of drug-likeness (QED) is 0.259. The fraction of sp³-hybridized carbons (Fsp3) is 0.565. The maximum atomic E-state index is 13.1. The van der Waals surface area contributed by atoms with Crippen molar-refractivity contribution in [1.29, 1.82) is 0 Å². The van der Waals surface area contributed by atoms with Crippen molar-refractivity contribution in [2.45, 2.75) is 64.0 Å². The number of nitrogens with one attached hydrogen (secondary N) is 2. The summed E-state index contributed by atoms with van der Waals surface area (Å²) in [6, 6.07) is 7.66. The van der Waals surface area contributed by atoms with E-state index in [9.17, 15) is 19.2 Å². The number of carbonyl (C=O) groups excluding carboxylic acids is 3. The highest BCUT2D eigenvalue weighted by atomic mass is 16.4. The van der Waals surface area contributed by atoms with Crippen molar-refractivity contribution in [2.75, 3.05) is 13.3 Å². The number of benzene rings is 1. The first kappa shape index (κ1) is 27.3. The number of nitrogens with zero attached hydrogens (tertiary/aromatic N) is 1. The molecule has 11 heteroatoms. The molecule has 2 rings (SSSR count). The van der Waals surface area contributed by atoms with Crippen molar-refractivity contribution >= 4 is 31.2 Å². The molecule has 3 unspecified atom stereocenters. The highest BCUT2D eigenvalue weighted by Gasteiger charge is 2.39. The summed E-state index contributed by atoms with van der Waals surface area (Å²) < 4.78 is 4.96. The fourth-order valence-corrected chi connectivity index (χ4v) is 3.98. The largest absolute Gasteiger partial charge is 0.481 e. The number of carboxylic acids is 1. The van der Waals surface area contributed by atoms with Crippen LogP contribution in [0.5, 0.6) is 0 Å². The second-order valence-electron chi connectivity index (χ2n) is 8.73. The SMILES string of the molecule is CC(NC(=O)C(NC(=O)C1CCCN1C(=O)[C@@H]([B]OCN)CC(=O)O)C(C)C)c1ccccc1. The predicted octanol–water partition coefficient (Wildman–Crippen LogP) is 0.811. The first-order valence-electron chi connectivity index (χ1n) is 11.5. The fourth-order valence-electron chi connectivity index (χ4n) is 3.98. The highest BCUT2D eigenvalue weighted by molar-refractivity contribution is 6.38. The Kier molecular flexibility index (Phi) is 10.5. The first-order valence-corrected chi connectivity index (χ1v) is 11.5. The van der Waals surface area contributed by atoms with Crippen LogP contribution in [0.15, 0.2) is 30.3 Å². The van der Waals surface area contributed by atoms with E-state index in [0.717, 1.165) is 13.0 Å². The zero-order valence-electron chi connectivity index (χ0n) is 19.9. The van der Waals surface area contributed by atoms with Gasteiger partial charge in [0.15, 0.2) is 0 Å². The Morgan fingerprint density at radius 1 is 1.18 bits per heavy atom. The Bertz CT molecular complexity index is 853. The first-order chi connectivity index (χ1) is 16.1. The number of carbonyl (C=O) groups is 4. The molecule has 0 bridgehead atoms. The van der Waals surface area contributed by atoms with E-state index in [2.05, 4.69) is 10.6 Å². The third-order valence-corrected chi connectivity index (χ3v) is 5.81. The molecule has 0 aliphatic carbocycles. The average molecular weight is 473 g/mol. The number of amides is 3. The number of hydrogen-bond donors (Lipinski definition) is 4. The van der Waals surface area contributed by atoms with Crippen molar-refractivity contribution in [3.05, 3.63) is 35.9 Å². The summed E-state index contributed by atoms with van der Waals surface area (Å²) in [7, 11) is 1.11. The second kappa shape index (κ2) is 13.1. The molecule has 4 atom stereocenters. The molecule has 0 aromatic heterocycles. The third kappa shape index (κ3) is 7.56. The van der Waals surface area contributed by atoms with E-state index in [0.29, 0.717) is 19.4 Å². The van der Waals surface area contributed by atoms with Crippen LogP contribution >= 0.6 is 0 Å². The zero-order valence-corrected chi connectivity index (χ0v) is 19.9. The van der Waals surface area contributed by atoms with E-state index in [4.69, 9.17) is 15.5 Å². The average Bonchev–Trinajstić information content (AvgIpc) is 3.29. The maximum Gasteiger partial charge on any atom is 0.307 e. The molecule has 1 aliphatic heterocycles. The van der Waals surface area contributed by atoms with Crippen molar-refractivity contribution in [3.8, 4) is 0 Å². The van der Waals surface area contributed by atoms with Gasteiger partial charge in [0, 0.05) is 6.54 Å². The lowest BCUT2D eigenvalue weighted by atomic mass is 9.76. The van der Waals surface area contributed by atoms with Gasteiger partial charge in [0.1, 0.15) is 12.1 Å². The standard InChI is InChI=1S/C23H34BN4O6/c1-14(2)20(22(32)26-15(3)16-8-5-4-6-9-16)27-21(31)18-10-7-11-28(18)23(33)17(12-19(29)30)24-34-13-25/h4-6,8-9,14-15,17-18,20H,7,10-13,25H2,1-3H3,(H,26,32)(H,27,31)(H,29,30)/t15?,17-,18?,20?/m0/s1. The van der Waals surface area contributed by atoms with Crippen LogP contribution in [-0.4, -0.2) is 66.5 Å². The molecule has 185 valence electrons. The lowest BCUT2D eigenvalue weighted by Gasteiger charge is -2.30. The summed E-state index contributed by atoms with van der Waals surface area (Å²) in [4.78, 5) is 51.7. The molecule has 10 nitrogen and oxygen atoms in total. The number of nitrogens with two attached hydrogens (primary N) is 1. The molecular weight excluding hydrogens is 439 g/mol. The van der Waals surface area contributed by atoms with Crippen molar-refractivity contribution < 1.29 is 28.9 Å². The Hall–Kier alpha value is -2.92. The van der Waals surface area contributed by atoms with E-state index in [1.807, 2.05) is 51.1 Å². The van der Waals surface area contributed by atoms with Crippen LogP contribution in [0.4, 0.5) is 0 Å². The predicted molar refractivity (Wildman–Crippen MR) is 126 cm³/mol. The van der Waals surface area contributed by atoms with Gasteiger partial charge >= 0.3 is 13.5 Å². The number of likely N-dealkylation sites (tertiary alicyclic amines) is 1. The lowest BCUT2D eigenvalue weighted by molar-refractivity contribution is -0.143. The van der Waals surface area contributed by atoms with Crippen molar-refractivity contribution in [3.63, 3.8) is 0 Å². The van der Waals surface area contributed by atoms with E-state index in [1.165, 1.54) is 4.90 Å². The zero-order chi connectivity index (χ0) is 25.3. The van der Waals surface area contributed by atoms with Crippen molar-refractivity contribution in [2.24, 2.45) is 11.7 Å². The Labute approximate surface area is 200 Å². The molecule has 1 aromatic rings. The van der Waals surface area contributed by atoms with Crippen LogP contribution in [0, 0.1) is 5.92 Å². The molecule has 5 N–H and O–H groups in total. The van der Waals surface area contributed by atoms with Gasteiger partial charge in [-0.15, -0.1) is 0 Å². The molecule has 0 saturated carbocycles. The van der Waals surface area contributed by atoms with E-state index in [-0.39, 0.29) is 24.6 Å². The topological polar surface area (TPSA) is 151 Å². The Morgan fingerprint density at radius 2 is 1.85 bits per heavy atom. The molecular formula is C23H34BN4O6. The summed E-state index contributed by atoms with van der Waals surface area (Å²) in [5.74, 6) is -3.70. The monoisotopic (exact) mass is 473 g/mol. The van der Waals surface area contributed by atoms with E-state index >= 15 is 0 Å². The maximum absolute atomic E-state index is 13.1. The van der Waals surface area contributed by atoms with Gasteiger partial charge in [-0.1, -0.05) is 44.2 Å². The minimum Gasteiger partial charge on any atom is -0.481 e. The number of aliphatic carboxylic acids is 1. The van der Waals surface area contributed by atoms with Crippen molar-refractivity contribution in [1.82, 2.24) is 15.5 Å². The van der Waals surface area contributed by atoms with Gasteiger partial charge in [-0.05, 0) is 31.2 Å².